The van der Waals surface area contributed by atoms with Crippen LogP contribution < -0.4 is 14.8 Å². The molecule has 0 aliphatic carbocycles. The summed E-state index contributed by atoms with van der Waals surface area (Å²) < 4.78 is 16.1. The van der Waals surface area contributed by atoms with E-state index in [2.05, 4.69) is 5.32 Å². The second-order valence-electron chi connectivity index (χ2n) is 5.80. The summed E-state index contributed by atoms with van der Waals surface area (Å²) in [6, 6.07) is 14.2. The van der Waals surface area contributed by atoms with Gasteiger partial charge in [0.05, 0.1) is 24.8 Å². The molecule has 0 radical (unpaired) electrons. The van der Waals surface area contributed by atoms with E-state index in [-0.39, 0.29) is 18.6 Å². The van der Waals surface area contributed by atoms with Gasteiger partial charge in [-0.05, 0) is 44.5 Å². The van der Waals surface area contributed by atoms with E-state index in [0.29, 0.717) is 30.3 Å². The number of carbonyl (C=O) groups is 2. The van der Waals surface area contributed by atoms with Gasteiger partial charge in [0.1, 0.15) is 0 Å². The van der Waals surface area contributed by atoms with Gasteiger partial charge in [-0.1, -0.05) is 30.3 Å². The molecule has 1 N–H and O–H groups in total. The maximum Gasteiger partial charge on any atom is 0.338 e. The maximum atomic E-state index is 12.2. The smallest absolute Gasteiger partial charge is 0.338 e. The highest BCUT2D eigenvalue weighted by atomic mass is 16.5. The third-order valence-corrected chi connectivity index (χ3v) is 3.79. The average Bonchev–Trinajstić information content (AvgIpc) is 2.68. The largest absolute Gasteiger partial charge is 0.490 e. The standard InChI is InChI=1S/C21H25NO5/c1-4-25-18-12-11-17(13-19(18)26-5-2)21(24)27-14-20(23)22-15(3)16-9-7-6-8-10-16/h6-13,15H,4-5,14H2,1-3H3,(H,22,23)/t15-/m0/s1. The predicted molar refractivity (Wildman–Crippen MR) is 102 cm³/mol. The Labute approximate surface area is 159 Å². The molecule has 0 aliphatic heterocycles. The third kappa shape index (κ3) is 6.02. The number of esters is 1. The normalized spacial score (nSPS) is 11.4. The molecule has 27 heavy (non-hydrogen) atoms. The Kier molecular flexibility index (Phi) is 7.67. The molecule has 6 heteroatoms. The first-order chi connectivity index (χ1) is 13.0. The van der Waals surface area contributed by atoms with Gasteiger partial charge in [-0.2, -0.15) is 0 Å². The minimum absolute atomic E-state index is 0.174. The molecule has 0 saturated carbocycles. The van der Waals surface area contributed by atoms with Gasteiger partial charge in [0.15, 0.2) is 18.1 Å². The van der Waals surface area contributed by atoms with Gasteiger partial charge in [0.2, 0.25) is 0 Å². The molecule has 144 valence electrons. The number of amides is 1. The molecular weight excluding hydrogens is 346 g/mol. The van der Waals surface area contributed by atoms with Crippen LogP contribution in [0.3, 0.4) is 0 Å². The monoisotopic (exact) mass is 371 g/mol. The van der Waals surface area contributed by atoms with Crippen LogP contribution in [-0.2, 0) is 9.53 Å². The highest BCUT2D eigenvalue weighted by Crippen LogP contribution is 2.28. The number of carbonyl (C=O) groups excluding carboxylic acids is 2. The first-order valence-electron chi connectivity index (χ1n) is 8.96. The van der Waals surface area contributed by atoms with Crippen molar-refractivity contribution >= 4 is 11.9 Å². The molecule has 0 spiro atoms. The van der Waals surface area contributed by atoms with Gasteiger partial charge in [-0.15, -0.1) is 0 Å². The van der Waals surface area contributed by atoms with Crippen molar-refractivity contribution in [2.45, 2.75) is 26.8 Å². The van der Waals surface area contributed by atoms with Crippen molar-refractivity contribution in [3.8, 4) is 11.5 Å². The zero-order valence-corrected chi connectivity index (χ0v) is 15.9. The summed E-state index contributed by atoms with van der Waals surface area (Å²) in [6.45, 7) is 6.16. The van der Waals surface area contributed by atoms with Crippen molar-refractivity contribution in [2.24, 2.45) is 0 Å². The van der Waals surface area contributed by atoms with Crippen LogP contribution in [0.5, 0.6) is 11.5 Å². The van der Waals surface area contributed by atoms with E-state index in [1.54, 1.807) is 18.2 Å². The Hall–Kier alpha value is -3.02. The number of nitrogens with one attached hydrogen (secondary N) is 1. The lowest BCUT2D eigenvalue weighted by Gasteiger charge is -2.15. The van der Waals surface area contributed by atoms with Crippen LogP contribution in [0.15, 0.2) is 48.5 Å². The molecule has 2 aromatic carbocycles. The number of hydrogen-bond donors (Lipinski definition) is 1. The average molecular weight is 371 g/mol. The van der Waals surface area contributed by atoms with E-state index < -0.39 is 5.97 Å². The molecule has 0 fully saturated rings. The zero-order valence-electron chi connectivity index (χ0n) is 15.9. The molecular formula is C21H25NO5. The Bertz CT molecular complexity index is 760. The van der Waals surface area contributed by atoms with Crippen molar-refractivity contribution in [1.29, 1.82) is 0 Å². The van der Waals surface area contributed by atoms with Crippen molar-refractivity contribution in [1.82, 2.24) is 5.32 Å². The molecule has 0 saturated heterocycles. The molecule has 0 aliphatic rings. The molecule has 0 unspecified atom stereocenters. The Morgan fingerprint density at radius 2 is 1.63 bits per heavy atom. The van der Waals surface area contributed by atoms with E-state index in [0.717, 1.165) is 5.56 Å². The fourth-order valence-corrected chi connectivity index (χ4v) is 2.50. The SMILES string of the molecule is CCOc1ccc(C(=O)OCC(=O)N[C@@H](C)c2ccccc2)cc1OCC. The molecule has 2 aromatic rings. The van der Waals surface area contributed by atoms with Crippen LogP contribution in [0.1, 0.15) is 42.7 Å². The van der Waals surface area contributed by atoms with Gasteiger partial charge >= 0.3 is 5.97 Å². The van der Waals surface area contributed by atoms with Crippen LogP contribution in [0.25, 0.3) is 0 Å². The lowest BCUT2D eigenvalue weighted by molar-refractivity contribution is -0.124. The van der Waals surface area contributed by atoms with Gasteiger partial charge in [-0.3, -0.25) is 4.79 Å². The number of hydrogen-bond acceptors (Lipinski definition) is 5. The maximum absolute atomic E-state index is 12.2. The summed E-state index contributed by atoms with van der Waals surface area (Å²) in [5.41, 5.74) is 1.27. The minimum atomic E-state index is -0.596. The van der Waals surface area contributed by atoms with Gasteiger partial charge < -0.3 is 19.5 Å². The number of rotatable bonds is 9. The quantitative estimate of drug-likeness (QED) is 0.683. The first kappa shape index (κ1) is 20.3. The van der Waals surface area contributed by atoms with Crippen LogP contribution >= 0.6 is 0 Å². The molecule has 0 bridgehead atoms. The highest BCUT2D eigenvalue weighted by Gasteiger charge is 2.15. The fraction of sp³-hybridized carbons (Fsp3) is 0.333. The minimum Gasteiger partial charge on any atom is -0.490 e. The summed E-state index contributed by atoms with van der Waals surface area (Å²) >= 11 is 0. The molecule has 6 nitrogen and oxygen atoms in total. The zero-order chi connectivity index (χ0) is 19.6. The van der Waals surface area contributed by atoms with Crippen LogP contribution in [-0.4, -0.2) is 31.7 Å². The van der Waals surface area contributed by atoms with E-state index >= 15 is 0 Å². The lowest BCUT2D eigenvalue weighted by atomic mass is 10.1. The van der Waals surface area contributed by atoms with Gasteiger partial charge in [0.25, 0.3) is 5.91 Å². The number of benzene rings is 2. The number of ether oxygens (including phenoxy) is 3. The summed E-state index contributed by atoms with van der Waals surface area (Å²) in [5, 5.41) is 2.80. The van der Waals surface area contributed by atoms with Crippen molar-refractivity contribution in [3.05, 3.63) is 59.7 Å². The van der Waals surface area contributed by atoms with E-state index in [9.17, 15) is 9.59 Å². The molecule has 2 rings (SSSR count). The fourth-order valence-electron chi connectivity index (χ4n) is 2.50. The second-order valence-corrected chi connectivity index (χ2v) is 5.80. The Balaban J connectivity index is 1.92. The van der Waals surface area contributed by atoms with Crippen molar-refractivity contribution in [2.75, 3.05) is 19.8 Å². The topological polar surface area (TPSA) is 73.9 Å². The molecule has 1 amide bonds. The van der Waals surface area contributed by atoms with E-state index in [1.807, 2.05) is 51.1 Å². The molecule has 1 atom stereocenters. The van der Waals surface area contributed by atoms with Crippen LogP contribution in [0.2, 0.25) is 0 Å². The Morgan fingerprint density at radius 3 is 2.30 bits per heavy atom. The summed E-state index contributed by atoms with van der Waals surface area (Å²) in [4.78, 5) is 24.3. The van der Waals surface area contributed by atoms with E-state index in [1.165, 1.54) is 0 Å². The molecule has 0 heterocycles. The Morgan fingerprint density at radius 1 is 0.963 bits per heavy atom. The van der Waals surface area contributed by atoms with Crippen LogP contribution in [0, 0.1) is 0 Å². The highest BCUT2D eigenvalue weighted by molar-refractivity contribution is 5.92. The van der Waals surface area contributed by atoms with Crippen molar-refractivity contribution < 1.29 is 23.8 Å². The predicted octanol–water partition coefficient (Wildman–Crippen LogP) is 3.52. The summed E-state index contributed by atoms with van der Waals surface area (Å²) in [5.74, 6) is 0.0680. The second kappa shape index (κ2) is 10.2. The lowest BCUT2D eigenvalue weighted by Crippen LogP contribution is -2.31. The molecule has 0 aromatic heterocycles. The van der Waals surface area contributed by atoms with E-state index in [4.69, 9.17) is 14.2 Å². The first-order valence-corrected chi connectivity index (χ1v) is 8.96. The summed E-state index contributed by atoms with van der Waals surface area (Å²) in [7, 11) is 0. The van der Waals surface area contributed by atoms with Crippen LogP contribution in [0.4, 0.5) is 0 Å². The summed E-state index contributed by atoms with van der Waals surface area (Å²) in [6.07, 6.45) is 0. The van der Waals surface area contributed by atoms with Gasteiger partial charge in [-0.25, -0.2) is 4.79 Å². The van der Waals surface area contributed by atoms with Crippen molar-refractivity contribution in [3.63, 3.8) is 0 Å². The third-order valence-electron chi connectivity index (χ3n) is 3.79. The van der Waals surface area contributed by atoms with Gasteiger partial charge in [0, 0.05) is 0 Å².